The zero-order valence-corrected chi connectivity index (χ0v) is 13.6. The van der Waals surface area contributed by atoms with E-state index >= 15 is 0 Å². The fourth-order valence-electron chi connectivity index (χ4n) is 1.60. The van der Waals surface area contributed by atoms with Gasteiger partial charge in [0.2, 0.25) is 0 Å². The Balaban J connectivity index is 2.96. The molecule has 0 saturated carbocycles. The highest BCUT2D eigenvalue weighted by atomic mass is 79.9. The number of carbonyl (C=O) groups excluding carboxylic acids is 1. The Kier molecular flexibility index (Phi) is 5.62. The maximum Gasteiger partial charge on any atom is 0.416 e. The molecule has 0 bridgehead atoms. The summed E-state index contributed by atoms with van der Waals surface area (Å²) in [5.74, 6) is -0.174. The van der Waals surface area contributed by atoms with Gasteiger partial charge in [0.25, 0.3) is 0 Å². The highest BCUT2D eigenvalue weighted by molar-refractivity contribution is 9.10. The van der Waals surface area contributed by atoms with Crippen LogP contribution in [0.4, 0.5) is 13.2 Å². The Bertz CT molecular complexity index is 469. The molecular formula is C13H13Br2F3O. The van der Waals surface area contributed by atoms with E-state index in [1.54, 1.807) is 19.9 Å². The van der Waals surface area contributed by atoms with Gasteiger partial charge >= 0.3 is 6.18 Å². The molecule has 0 aliphatic carbocycles. The maximum absolute atomic E-state index is 12.7. The lowest BCUT2D eigenvalue weighted by Gasteiger charge is -2.14. The van der Waals surface area contributed by atoms with Gasteiger partial charge in [-0.05, 0) is 30.2 Å². The van der Waals surface area contributed by atoms with Crippen molar-refractivity contribution < 1.29 is 18.0 Å². The van der Waals surface area contributed by atoms with E-state index in [4.69, 9.17) is 0 Å². The molecule has 1 unspecified atom stereocenters. The first kappa shape index (κ1) is 16.7. The van der Waals surface area contributed by atoms with Crippen molar-refractivity contribution in [1.82, 2.24) is 0 Å². The van der Waals surface area contributed by atoms with E-state index in [1.807, 2.05) is 0 Å². The number of Topliss-reactive ketones (excluding diaryl/α,β-unsaturated/α-hetero) is 1. The first-order valence-electron chi connectivity index (χ1n) is 5.65. The van der Waals surface area contributed by atoms with Crippen LogP contribution in [-0.4, -0.2) is 10.6 Å². The molecular weight excluding hydrogens is 389 g/mol. The first-order chi connectivity index (χ1) is 8.61. The largest absolute Gasteiger partial charge is 0.416 e. The van der Waals surface area contributed by atoms with Crippen molar-refractivity contribution in [1.29, 1.82) is 0 Å². The topological polar surface area (TPSA) is 17.1 Å². The minimum Gasteiger partial charge on any atom is -0.298 e. The smallest absolute Gasteiger partial charge is 0.298 e. The first-order valence-corrected chi connectivity index (χ1v) is 7.36. The molecule has 0 aromatic heterocycles. The fraction of sp³-hybridized carbons (Fsp3) is 0.462. The Morgan fingerprint density at radius 3 is 2.32 bits per heavy atom. The van der Waals surface area contributed by atoms with Crippen molar-refractivity contribution in [2.24, 2.45) is 5.92 Å². The van der Waals surface area contributed by atoms with Gasteiger partial charge in [0.05, 0.1) is 10.4 Å². The second kappa shape index (κ2) is 6.39. The van der Waals surface area contributed by atoms with E-state index in [-0.39, 0.29) is 18.1 Å². The summed E-state index contributed by atoms with van der Waals surface area (Å²) in [5, 5.41) is 0. The highest BCUT2D eigenvalue weighted by Gasteiger charge is 2.31. The highest BCUT2D eigenvalue weighted by Crippen LogP contribution is 2.32. The molecule has 1 atom stereocenters. The molecule has 0 aliphatic heterocycles. The lowest BCUT2D eigenvalue weighted by atomic mass is 10.00. The minimum absolute atomic E-state index is 0.0199. The van der Waals surface area contributed by atoms with E-state index in [0.29, 0.717) is 10.0 Å². The molecule has 19 heavy (non-hydrogen) atoms. The number of carbonyl (C=O) groups is 1. The summed E-state index contributed by atoms with van der Waals surface area (Å²) in [7, 11) is 0. The Morgan fingerprint density at radius 2 is 1.84 bits per heavy atom. The number of rotatable bonds is 4. The van der Waals surface area contributed by atoms with Crippen LogP contribution in [0.1, 0.15) is 25.0 Å². The third-order valence-electron chi connectivity index (χ3n) is 2.58. The molecule has 0 radical (unpaired) electrons. The number of ketones is 1. The molecule has 1 aromatic carbocycles. The minimum atomic E-state index is -4.39. The van der Waals surface area contributed by atoms with Crippen LogP contribution >= 0.6 is 31.9 Å². The molecule has 6 heteroatoms. The molecule has 0 heterocycles. The van der Waals surface area contributed by atoms with Gasteiger partial charge in [0.15, 0.2) is 0 Å². The molecule has 1 aromatic rings. The summed E-state index contributed by atoms with van der Waals surface area (Å²) in [6.07, 6.45) is -4.15. The molecule has 106 valence electrons. The van der Waals surface area contributed by atoms with Gasteiger partial charge in [-0.15, -0.1) is 0 Å². The van der Waals surface area contributed by atoms with Gasteiger partial charge in [-0.3, -0.25) is 4.79 Å². The van der Waals surface area contributed by atoms with Crippen LogP contribution < -0.4 is 0 Å². The average Bonchev–Trinajstić information content (AvgIpc) is 2.25. The number of halogens is 5. The summed E-state index contributed by atoms with van der Waals surface area (Å²) < 4.78 is 38.4. The summed E-state index contributed by atoms with van der Waals surface area (Å²) in [6, 6.07) is 3.70. The molecule has 0 N–H and O–H groups in total. The zero-order valence-electron chi connectivity index (χ0n) is 10.4. The Hall–Kier alpha value is -0.360. The number of hydrogen-bond donors (Lipinski definition) is 0. The van der Waals surface area contributed by atoms with Gasteiger partial charge in [0.1, 0.15) is 5.78 Å². The standard InChI is InChI=1S/C13H13Br2F3O/c1-7(2)12(19)11(15)5-8-3-9(13(16,17)18)6-10(14)4-8/h3-4,6-7,11H,5H2,1-2H3. The predicted molar refractivity (Wildman–Crippen MR) is 75.4 cm³/mol. The van der Waals surface area contributed by atoms with Crippen LogP contribution in [0.25, 0.3) is 0 Å². The molecule has 0 fully saturated rings. The van der Waals surface area contributed by atoms with Gasteiger partial charge in [-0.25, -0.2) is 0 Å². The van der Waals surface area contributed by atoms with Gasteiger partial charge in [-0.2, -0.15) is 13.2 Å². The molecule has 0 spiro atoms. The van der Waals surface area contributed by atoms with E-state index in [0.717, 1.165) is 12.1 Å². The Labute approximate surface area is 126 Å². The quantitative estimate of drug-likeness (QED) is 0.649. The van der Waals surface area contributed by atoms with Crippen LogP contribution in [0, 0.1) is 5.92 Å². The monoisotopic (exact) mass is 400 g/mol. The number of hydrogen-bond acceptors (Lipinski definition) is 1. The van der Waals surface area contributed by atoms with Crippen LogP contribution in [0.5, 0.6) is 0 Å². The van der Waals surface area contributed by atoms with Crippen LogP contribution in [0.3, 0.4) is 0 Å². The molecule has 0 amide bonds. The van der Waals surface area contributed by atoms with E-state index in [9.17, 15) is 18.0 Å². The van der Waals surface area contributed by atoms with Crippen molar-refractivity contribution in [3.05, 3.63) is 33.8 Å². The molecule has 0 aliphatic rings. The third-order valence-corrected chi connectivity index (χ3v) is 3.81. The summed E-state index contributed by atoms with van der Waals surface area (Å²) in [6.45, 7) is 3.53. The van der Waals surface area contributed by atoms with Gasteiger partial charge in [0, 0.05) is 10.4 Å². The normalized spacial score (nSPS) is 13.7. The molecule has 1 nitrogen and oxygen atoms in total. The second-order valence-electron chi connectivity index (χ2n) is 4.57. The van der Waals surface area contributed by atoms with Gasteiger partial charge < -0.3 is 0 Å². The van der Waals surface area contributed by atoms with E-state index in [1.165, 1.54) is 0 Å². The number of benzene rings is 1. The average molecular weight is 402 g/mol. The van der Waals surface area contributed by atoms with Crippen molar-refractivity contribution >= 4 is 37.6 Å². The summed E-state index contributed by atoms with van der Waals surface area (Å²) in [5.41, 5.74) is -0.244. The van der Waals surface area contributed by atoms with Crippen molar-refractivity contribution in [3.8, 4) is 0 Å². The lowest BCUT2D eigenvalue weighted by Crippen LogP contribution is -2.22. The van der Waals surface area contributed by atoms with Crippen LogP contribution in [-0.2, 0) is 17.4 Å². The van der Waals surface area contributed by atoms with E-state index < -0.39 is 16.6 Å². The fourth-order valence-corrected chi connectivity index (χ4v) is 3.04. The van der Waals surface area contributed by atoms with E-state index in [2.05, 4.69) is 31.9 Å². The zero-order chi connectivity index (χ0) is 14.8. The summed E-state index contributed by atoms with van der Waals surface area (Å²) >= 11 is 6.30. The van der Waals surface area contributed by atoms with Crippen LogP contribution in [0.2, 0.25) is 0 Å². The lowest BCUT2D eigenvalue weighted by molar-refractivity contribution is -0.137. The summed E-state index contributed by atoms with van der Waals surface area (Å²) in [4.78, 5) is 11.3. The third kappa shape index (κ3) is 4.91. The molecule has 0 saturated heterocycles. The number of alkyl halides is 4. The van der Waals surface area contributed by atoms with Crippen molar-refractivity contribution in [2.45, 2.75) is 31.3 Å². The van der Waals surface area contributed by atoms with Crippen LogP contribution in [0.15, 0.2) is 22.7 Å². The SMILES string of the molecule is CC(C)C(=O)C(Br)Cc1cc(Br)cc(C(F)(F)F)c1. The van der Waals surface area contributed by atoms with Gasteiger partial charge in [-0.1, -0.05) is 45.7 Å². The maximum atomic E-state index is 12.7. The van der Waals surface area contributed by atoms with Crippen molar-refractivity contribution in [3.63, 3.8) is 0 Å². The second-order valence-corrected chi connectivity index (χ2v) is 6.60. The predicted octanol–water partition coefficient (Wildman–Crippen LogP) is 5.00. The van der Waals surface area contributed by atoms with Crippen molar-refractivity contribution in [2.75, 3.05) is 0 Å². The molecule has 1 rings (SSSR count). The Morgan fingerprint density at radius 1 is 1.26 bits per heavy atom.